The van der Waals surface area contributed by atoms with Gasteiger partial charge in [-0.2, -0.15) is 0 Å². The van der Waals surface area contributed by atoms with Gasteiger partial charge in [-0.05, 0) is 64.3 Å². The molecule has 5 nitrogen and oxygen atoms in total. The van der Waals surface area contributed by atoms with Gasteiger partial charge in [-0.1, -0.05) is 0 Å². The van der Waals surface area contributed by atoms with Gasteiger partial charge in [-0.3, -0.25) is 4.79 Å². The first-order valence-electron chi connectivity index (χ1n) is 9.92. The second-order valence-corrected chi connectivity index (χ2v) is 9.49. The fourth-order valence-electron chi connectivity index (χ4n) is 3.77. The minimum Gasteiger partial charge on any atom is -0.494 e. The van der Waals surface area contributed by atoms with Gasteiger partial charge in [0, 0.05) is 12.6 Å². The third kappa shape index (κ3) is 3.94. The van der Waals surface area contributed by atoms with Crippen molar-refractivity contribution in [3.8, 4) is 16.3 Å². The summed E-state index contributed by atoms with van der Waals surface area (Å²) in [4.78, 5) is 26.5. The zero-order valence-electron chi connectivity index (χ0n) is 17.2. The molecule has 2 heterocycles. The number of hydrogen-bond acceptors (Lipinski definition) is 6. The number of carbonyl (C=O) groups is 1. The van der Waals surface area contributed by atoms with Crippen molar-refractivity contribution < 1.29 is 9.53 Å². The highest BCUT2D eigenvalue weighted by molar-refractivity contribution is 7.17. The predicted octanol–water partition coefficient (Wildman–Crippen LogP) is 5.43. The molecular weight excluding hydrogens is 402 g/mol. The first kappa shape index (κ1) is 20.0. The summed E-state index contributed by atoms with van der Waals surface area (Å²) in [5, 5.41) is 1.94. The van der Waals surface area contributed by atoms with Gasteiger partial charge in [0.25, 0.3) is 5.91 Å². The maximum absolute atomic E-state index is 13.3. The molecule has 3 aromatic rings. The molecule has 0 fully saturated rings. The lowest BCUT2D eigenvalue weighted by Crippen LogP contribution is -2.32. The van der Waals surface area contributed by atoms with Crippen LogP contribution < -0.4 is 4.74 Å². The average molecular weight is 428 g/mol. The number of nitrogens with zero attached hydrogens (tertiary/aromatic N) is 3. The summed E-state index contributed by atoms with van der Waals surface area (Å²) in [6.07, 6.45) is 3.07. The van der Waals surface area contributed by atoms with E-state index in [1.54, 1.807) is 11.3 Å². The summed E-state index contributed by atoms with van der Waals surface area (Å²) in [6.45, 7) is 6.56. The van der Waals surface area contributed by atoms with Crippen LogP contribution in [0.3, 0.4) is 0 Å². The molecule has 1 aliphatic carbocycles. The van der Waals surface area contributed by atoms with Gasteiger partial charge in [0.1, 0.15) is 15.6 Å². The van der Waals surface area contributed by atoms with Crippen LogP contribution >= 0.6 is 22.7 Å². The van der Waals surface area contributed by atoms with Crippen molar-refractivity contribution in [3.63, 3.8) is 0 Å². The molecule has 4 rings (SSSR count). The number of benzene rings is 1. The first-order chi connectivity index (χ1) is 14.0. The third-order valence-electron chi connectivity index (χ3n) is 5.22. The molecule has 0 bridgehead atoms. The van der Waals surface area contributed by atoms with Crippen LogP contribution in [0.1, 0.15) is 56.8 Å². The van der Waals surface area contributed by atoms with Crippen LogP contribution in [0, 0.1) is 13.8 Å². The van der Waals surface area contributed by atoms with Crippen LogP contribution in [-0.2, 0) is 6.42 Å². The van der Waals surface area contributed by atoms with Gasteiger partial charge in [0.15, 0.2) is 0 Å². The van der Waals surface area contributed by atoms with Gasteiger partial charge in [0.2, 0.25) is 0 Å². The van der Waals surface area contributed by atoms with Gasteiger partial charge in [0.05, 0.1) is 33.9 Å². The molecular formula is C22H25N3O2S2. The fraction of sp³-hybridized carbons (Fsp3) is 0.409. The van der Waals surface area contributed by atoms with E-state index in [0.717, 1.165) is 46.3 Å². The molecule has 0 N–H and O–H groups in total. The van der Waals surface area contributed by atoms with E-state index in [9.17, 15) is 4.79 Å². The number of aromatic nitrogens is 2. The van der Waals surface area contributed by atoms with E-state index >= 15 is 0 Å². The van der Waals surface area contributed by atoms with E-state index in [0.29, 0.717) is 11.5 Å². The largest absolute Gasteiger partial charge is 0.494 e. The second kappa shape index (κ2) is 8.24. The van der Waals surface area contributed by atoms with Crippen LogP contribution in [-0.4, -0.2) is 34.4 Å². The molecule has 1 atom stereocenters. The molecule has 152 valence electrons. The van der Waals surface area contributed by atoms with E-state index in [-0.39, 0.29) is 11.9 Å². The van der Waals surface area contributed by atoms with Crippen molar-refractivity contribution in [2.75, 3.05) is 13.7 Å². The van der Waals surface area contributed by atoms with E-state index in [1.807, 2.05) is 57.0 Å². The van der Waals surface area contributed by atoms with Crippen LogP contribution in [0.25, 0.3) is 10.6 Å². The summed E-state index contributed by atoms with van der Waals surface area (Å²) in [5.74, 6) is 0.884. The van der Waals surface area contributed by atoms with Gasteiger partial charge < -0.3 is 9.64 Å². The zero-order chi connectivity index (χ0) is 20.5. The Kier molecular flexibility index (Phi) is 5.69. The van der Waals surface area contributed by atoms with Crippen molar-refractivity contribution >= 4 is 28.6 Å². The van der Waals surface area contributed by atoms with E-state index in [4.69, 9.17) is 4.74 Å². The summed E-state index contributed by atoms with van der Waals surface area (Å²) in [5.41, 5.74) is 2.95. The third-order valence-corrected chi connectivity index (χ3v) is 7.53. The summed E-state index contributed by atoms with van der Waals surface area (Å²) >= 11 is 3.19. The Labute approximate surface area is 179 Å². The van der Waals surface area contributed by atoms with Crippen molar-refractivity contribution in [1.29, 1.82) is 0 Å². The number of fused-ring (bicyclic) bond motifs is 1. The Bertz CT molecular complexity index is 1020. The Hall–Kier alpha value is -2.25. The Balaban J connectivity index is 1.58. The van der Waals surface area contributed by atoms with Crippen LogP contribution in [0.2, 0.25) is 0 Å². The minimum atomic E-state index is 0.0427. The standard InChI is InChI=1S/C22H25N3O2S2/c1-5-27-16-11-9-15(10-12-16)21-23-13(2)19(29-21)22(26)25(4)18-8-6-7-17-20(18)28-14(3)24-17/h9-12,18H,5-8H2,1-4H3. The maximum atomic E-state index is 13.3. The molecule has 0 spiro atoms. The molecule has 1 aromatic carbocycles. The Morgan fingerprint density at radius 3 is 2.69 bits per heavy atom. The number of hydrogen-bond donors (Lipinski definition) is 0. The van der Waals surface area contributed by atoms with E-state index in [1.165, 1.54) is 21.9 Å². The molecule has 0 aliphatic heterocycles. The van der Waals surface area contributed by atoms with Gasteiger partial charge in [-0.15, -0.1) is 22.7 Å². The quantitative estimate of drug-likeness (QED) is 0.545. The topological polar surface area (TPSA) is 55.3 Å². The number of amides is 1. The predicted molar refractivity (Wildman–Crippen MR) is 118 cm³/mol. The maximum Gasteiger partial charge on any atom is 0.266 e. The fourth-order valence-corrected chi connectivity index (χ4v) is 5.98. The Morgan fingerprint density at radius 1 is 1.21 bits per heavy atom. The molecule has 0 radical (unpaired) electrons. The molecule has 1 amide bonds. The number of aryl methyl sites for hydroxylation is 3. The normalized spacial score (nSPS) is 15.8. The summed E-state index contributed by atoms with van der Waals surface area (Å²) in [7, 11) is 1.91. The first-order valence-corrected chi connectivity index (χ1v) is 11.5. The molecule has 7 heteroatoms. The number of carbonyl (C=O) groups excluding carboxylic acids is 1. The number of rotatable bonds is 5. The summed E-state index contributed by atoms with van der Waals surface area (Å²) < 4.78 is 5.51. The van der Waals surface area contributed by atoms with Crippen LogP contribution in [0.5, 0.6) is 5.75 Å². The molecule has 0 saturated heterocycles. The van der Waals surface area contributed by atoms with E-state index < -0.39 is 0 Å². The van der Waals surface area contributed by atoms with Gasteiger partial charge in [-0.25, -0.2) is 9.97 Å². The van der Waals surface area contributed by atoms with Crippen molar-refractivity contribution in [2.24, 2.45) is 0 Å². The SMILES string of the molecule is CCOc1ccc(-c2nc(C)c(C(=O)N(C)C3CCCc4nc(C)sc43)s2)cc1. The van der Waals surface area contributed by atoms with Crippen LogP contribution in [0.4, 0.5) is 0 Å². The number of ether oxygens (including phenoxy) is 1. The van der Waals surface area contributed by atoms with Crippen LogP contribution in [0.15, 0.2) is 24.3 Å². The molecule has 1 aliphatic rings. The Morgan fingerprint density at radius 2 is 1.97 bits per heavy atom. The lowest BCUT2D eigenvalue weighted by molar-refractivity contribution is 0.0722. The van der Waals surface area contributed by atoms with Gasteiger partial charge >= 0.3 is 0 Å². The molecule has 29 heavy (non-hydrogen) atoms. The average Bonchev–Trinajstić information content (AvgIpc) is 3.29. The highest BCUT2D eigenvalue weighted by Crippen LogP contribution is 2.39. The second-order valence-electron chi connectivity index (χ2n) is 7.26. The zero-order valence-corrected chi connectivity index (χ0v) is 18.8. The lowest BCUT2D eigenvalue weighted by Gasteiger charge is -2.30. The van der Waals surface area contributed by atoms with Crippen molar-refractivity contribution in [3.05, 3.63) is 50.4 Å². The highest BCUT2D eigenvalue weighted by atomic mass is 32.1. The van der Waals surface area contributed by atoms with Crippen molar-refractivity contribution in [1.82, 2.24) is 14.9 Å². The summed E-state index contributed by atoms with van der Waals surface area (Å²) in [6, 6.07) is 7.98. The molecule has 1 unspecified atom stereocenters. The lowest BCUT2D eigenvalue weighted by atomic mass is 9.97. The highest BCUT2D eigenvalue weighted by Gasteiger charge is 2.31. The number of thiazole rings is 2. The molecule has 2 aromatic heterocycles. The van der Waals surface area contributed by atoms with E-state index in [2.05, 4.69) is 9.97 Å². The monoisotopic (exact) mass is 427 g/mol. The molecule has 0 saturated carbocycles. The smallest absolute Gasteiger partial charge is 0.266 e. The van der Waals surface area contributed by atoms with Crippen molar-refractivity contribution in [2.45, 2.75) is 46.1 Å². The minimum absolute atomic E-state index is 0.0427.